The monoisotopic (exact) mass is 156 g/mol. The molecular formula is C6H8N2O3. The molecule has 0 aliphatic heterocycles. The van der Waals surface area contributed by atoms with Crippen molar-refractivity contribution in [2.24, 2.45) is 0 Å². The quantitative estimate of drug-likeness (QED) is 0.573. The number of nitrogens with zero attached hydrogens (tertiary/aromatic N) is 1. The molecule has 0 bridgehead atoms. The van der Waals surface area contributed by atoms with Gasteiger partial charge < -0.3 is 10.4 Å². The number of carbonyl (C=O) groups excluding carboxylic acids is 1. The average molecular weight is 156 g/mol. The summed E-state index contributed by atoms with van der Waals surface area (Å²) < 4.78 is 0. The van der Waals surface area contributed by atoms with Crippen molar-refractivity contribution in [3.05, 3.63) is 0 Å². The fourth-order valence-corrected chi connectivity index (χ4v) is 0.443. The molecule has 0 aromatic heterocycles. The lowest BCUT2D eigenvalue weighted by Gasteiger charge is -1.97. The van der Waals surface area contributed by atoms with Crippen LogP contribution in [0.2, 0.25) is 0 Å². The van der Waals surface area contributed by atoms with Crippen LogP contribution in [-0.2, 0) is 9.59 Å². The van der Waals surface area contributed by atoms with Gasteiger partial charge in [0.05, 0.1) is 12.5 Å². The van der Waals surface area contributed by atoms with E-state index in [1.54, 1.807) is 6.07 Å². The fourth-order valence-electron chi connectivity index (χ4n) is 0.443. The van der Waals surface area contributed by atoms with Gasteiger partial charge in [0.15, 0.2) is 0 Å². The number of carboxylic acids is 1. The number of rotatable bonds is 4. The number of carbonyl (C=O) groups is 2. The molecule has 0 aliphatic rings. The van der Waals surface area contributed by atoms with Gasteiger partial charge in [-0.1, -0.05) is 0 Å². The van der Waals surface area contributed by atoms with Gasteiger partial charge in [-0.05, 0) is 0 Å². The second-order valence-corrected chi connectivity index (χ2v) is 1.83. The molecule has 0 aliphatic carbocycles. The molecule has 1 amide bonds. The maximum atomic E-state index is 10.5. The molecule has 0 radical (unpaired) electrons. The van der Waals surface area contributed by atoms with Crippen LogP contribution in [0.1, 0.15) is 12.8 Å². The van der Waals surface area contributed by atoms with E-state index in [9.17, 15) is 9.59 Å². The van der Waals surface area contributed by atoms with Crippen LogP contribution in [-0.4, -0.2) is 23.5 Å². The van der Waals surface area contributed by atoms with Crippen LogP contribution in [0.3, 0.4) is 0 Å². The molecule has 0 unspecified atom stereocenters. The summed E-state index contributed by atoms with van der Waals surface area (Å²) in [5.41, 5.74) is 0. The molecule has 0 heterocycles. The van der Waals surface area contributed by atoms with E-state index >= 15 is 0 Å². The van der Waals surface area contributed by atoms with Gasteiger partial charge in [-0.15, -0.1) is 0 Å². The molecule has 0 aromatic carbocycles. The van der Waals surface area contributed by atoms with E-state index < -0.39 is 11.9 Å². The number of amides is 1. The summed E-state index contributed by atoms with van der Waals surface area (Å²) in [7, 11) is 0. The fraction of sp³-hybridized carbons (Fsp3) is 0.500. The van der Waals surface area contributed by atoms with Gasteiger partial charge in [0, 0.05) is 6.54 Å². The Morgan fingerprint density at radius 3 is 2.64 bits per heavy atom. The Hall–Kier alpha value is -1.57. The first-order valence-electron chi connectivity index (χ1n) is 3.02. The number of carboxylic acid groups (broad SMARTS) is 1. The molecule has 0 saturated heterocycles. The van der Waals surface area contributed by atoms with Crippen molar-refractivity contribution in [3.8, 4) is 6.07 Å². The van der Waals surface area contributed by atoms with Gasteiger partial charge in [-0.3, -0.25) is 9.59 Å². The topological polar surface area (TPSA) is 90.2 Å². The molecule has 11 heavy (non-hydrogen) atoms. The molecule has 0 atom stereocenters. The van der Waals surface area contributed by atoms with Crippen LogP contribution in [0.25, 0.3) is 0 Å². The molecule has 0 aromatic rings. The molecular weight excluding hydrogens is 148 g/mol. The van der Waals surface area contributed by atoms with Crippen molar-refractivity contribution >= 4 is 11.9 Å². The average Bonchev–Trinajstić information content (AvgIpc) is 1.87. The number of nitrogens with one attached hydrogen (secondary N) is 1. The van der Waals surface area contributed by atoms with Crippen LogP contribution in [0.15, 0.2) is 0 Å². The minimum atomic E-state index is -0.970. The zero-order valence-corrected chi connectivity index (χ0v) is 5.83. The number of hydrogen-bond donors (Lipinski definition) is 2. The van der Waals surface area contributed by atoms with Gasteiger partial charge in [-0.2, -0.15) is 5.26 Å². The van der Waals surface area contributed by atoms with E-state index in [4.69, 9.17) is 10.4 Å². The normalized spacial score (nSPS) is 8.27. The minimum Gasteiger partial charge on any atom is -0.481 e. The summed E-state index contributed by atoms with van der Waals surface area (Å²) in [6, 6.07) is 1.65. The molecule has 0 rings (SSSR count). The zero-order chi connectivity index (χ0) is 8.69. The zero-order valence-electron chi connectivity index (χ0n) is 5.83. The van der Waals surface area contributed by atoms with Gasteiger partial charge in [-0.25, -0.2) is 0 Å². The lowest BCUT2D eigenvalue weighted by molar-refractivity contribution is -0.136. The first kappa shape index (κ1) is 9.43. The highest BCUT2D eigenvalue weighted by molar-refractivity contribution is 5.78. The van der Waals surface area contributed by atoms with Crippen molar-refractivity contribution in [3.63, 3.8) is 0 Å². The maximum Gasteiger partial charge on any atom is 0.305 e. The molecule has 5 heteroatoms. The highest BCUT2D eigenvalue weighted by Gasteiger charge is 2.00. The van der Waals surface area contributed by atoms with Crippen LogP contribution in [0, 0.1) is 11.3 Å². The second-order valence-electron chi connectivity index (χ2n) is 1.83. The predicted molar refractivity (Wildman–Crippen MR) is 35.5 cm³/mol. The standard InChI is InChI=1S/C6H8N2O3/c7-3-1-5(9)8-4-2-6(10)11/h1-2,4H2,(H,8,9)(H,10,11). The van der Waals surface area contributed by atoms with E-state index in [0.717, 1.165) is 0 Å². The van der Waals surface area contributed by atoms with Gasteiger partial charge in [0.25, 0.3) is 0 Å². The van der Waals surface area contributed by atoms with E-state index in [0.29, 0.717) is 0 Å². The summed E-state index contributed by atoms with van der Waals surface area (Å²) in [6.45, 7) is 0.0792. The number of hydrogen-bond acceptors (Lipinski definition) is 3. The summed E-state index contributed by atoms with van der Waals surface area (Å²) in [5, 5.41) is 18.4. The lowest BCUT2D eigenvalue weighted by atomic mass is 10.4. The maximum absolute atomic E-state index is 10.5. The van der Waals surface area contributed by atoms with Crippen molar-refractivity contribution in [2.45, 2.75) is 12.8 Å². The van der Waals surface area contributed by atoms with Gasteiger partial charge >= 0.3 is 5.97 Å². The van der Waals surface area contributed by atoms with Crippen LogP contribution >= 0.6 is 0 Å². The Morgan fingerprint density at radius 1 is 1.55 bits per heavy atom. The predicted octanol–water partition coefficient (Wildman–Crippen LogP) is -0.509. The third-order valence-electron chi connectivity index (χ3n) is 0.901. The molecule has 60 valence electrons. The molecule has 0 spiro atoms. The Morgan fingerprint density at radius 2 is 2.18 bits per heavy atom. The Bertz CT molecular complexity index is 194. The van der Waals surface area contributed by atoms with Crippen LogP contribution in [0.4, 0.5) is 0 Å². The van der Waals surface area contributed by atoms with Gasteiger partial charge in [0.1, 0.15) is 6.42 Å². The van der Waals surface area contributed by atoms with Crippen LogP contribution < -0.4 is 5.32 Å². The van der Waals surface area contributed by atoms with Crippen molar-refractivity contribution < 1.29 is 14.7 Å². The molecule has 0 fully saturated rings. The van der Waals surface area contributed by atoms with E-state index in [2.05, 4.69) is 5.32 Å². The number of nitriles is 1. The van der Waals surface area contributed by atoms with E-state index in [-0.39, 0.29) is 19.4 Å². The largest absolute Gasteiger partial charge is 0.481 e. The summed E-state index contributed by atoms with van der Waals surface area (Å²) in [4.78, 5) is 20.4. The number of aliphatic carboxylic acids is 1. The third kappa shape index (κ3) is 6.31. The first-order chi connectivity index (χ1) is 5.16. The Labute approximate surface area is 63.6 Å². The van der Waals surface area contributed by atoms with Crippen molar-refractivity contribution in [2.75, 3.05) is 6.54 Å². The first-order valence-corrected chi connectivity index (χ1v) is 3.02. The molecule has 0 saturated carbocycles. The third-order valence-corrected chi connectivity index (χ3v) is 0.901. The van der Waals surface area contributed by atoms with Gasteiger partial charge in [0.2, 0.25) is 5.91 Å². The van der Waals surface area contributed by atoms with E-state index in [1.165, 1.54) is 0 Å². The molecule has 2 N–H and O–H groups in total. The van der Waals surface area contributed by atoms with Crippen molar-refractivity contribution in [1.82, 2.24) is 5.32 Å². The SMILES string of the molecule is N#CCC(=O)NCCC(=O)O. The minimum absolute atomic E-state index is 0.0792. The Balaban J connectivity index is 3.33. The van der Waals surface area contributed by atoms with E-state index in [1.807, 2.05) is 0 Å². The summed E-state index contributed by atoms with van der Waals surface area (Å²) in [5.74, 6) is -1.41. The molecule has 5 nitrogen and oxygen atoms in total. The lowest BCUT2D eigenvalue weighted by Crippen LogP contribution is -2.25. The Kier molecular flexibility index (Phi) is 4.49. The van der Waals surface area contributed by atoms with Crippen LogP contribution in [0.5, 0.6) is 0 Å². The summed E-state index contributed by atoms with van der Waals surface area (Å²) >= 11 is 0. The van der Waals surface area contributed by atoms with Crippen molar-refractivity contribution in [1.29, 1.82) is 5.26 Å². The second kappa shape index (κ2) is 5.23. The summed E-state index contributed by atoms with van der Waals surface area (Å²) in [6.07, 6.45) is -0.337. The highest BCUT2D eigenvalue weighted by atomic mass is 16.4. The smallest absolute Gasteiger partial charge is 0.305 e. The highest BCUT2D eigenvalue weighted by Crippen LogP contribution is 1.78.